The van der Waals surface area contributed by atoms with Crippen molar-refractivity contribution in [3.05, 3.63) is 46.4 Å². The highest BCUT2D eigenvalue weighted by Gasteiger charge is 2.34. The first-order valence-corrected chi connectivity index (χ1v) is 8.99. The second-order valence-corrected chi connectivity index (χ2v) is 6.68. The lowest BCUT2D eigenvalue weighted by molar-refractivity contribution is 0.240. The maximum absolute atomic E-state index is 9.69. The van der Waals surface area contributed by atoms with Crippen molar-refractivity contribution in [2.45, 2.75) is 45.6 Å². The van der Waals surface area contributed by atoms with Crippen LogP contribution in [0.3, 0.4) is 0 Å². The topological polar surface area (TPSA) is 106 Å². The Morgan fingerprint density at radius 3 is 2.81 bits per heavy atom. The second kappa shape index (κ2) is 7.62. The van der Waals surface area contributed by atoms with Crippen molar-refractivity contribution in [2.75, 3.05) is 12.4 Å². The molecule has 0 fully saturated rings. The number of fused-ring (bicyclic) bond motifs is 1. The van der Waals surface area contributed by atoms with Gasteiger partial charge >= 0.3 is 6.08 Å². The third-order valence-corrected chi connectivity index (χ3v) is 4.33. The molecule has 3 N–H and O–H groups in total. The van der Waals surface area contributed by atoms with E-state index in [2.05, 4.69) is 29.4 Å². The lowest BCUT2D eigenvalue weighted by atomic mass is 9.85. The van der Waals surface area contributed by atoms with Crippen molar-refractivity contribution in [1.82, 2.24) is 4.98 Å². The standard InChI is InChI=1S/C20H24N4O3/c1-5-6-12-9-13(7-8-15(12)26-11(2)3)16-14(10-21)18(22)24-19-17(16)23-20(25-4)27-19/h7-9,11,16,24H,5-6,22H2,1-4H3/t16-/m1/s1. The van der Waals surface area contributed by atoms with E-state index in [1.807, 2.05) is 26.0 Å². The molecule has 1 aromatic carbocycles. The molecule has 0 bridgehead atoms. The molecule has 7 heteroatoms. The molecule has 0 unspecified atom stereocenters. The van der Waals surface area contributed by atoms with Gasteiger partial charge in [-0.15, -0.1) is 0 Å². The SMILES string of the molecule is CCCc1cc([C@@H]2C(C#N)=C(N)Nc3oc(OC)nc32)ccc1OC(C)C. The van der Waals surface area contributed by atoms with Crippen molar-refractivity contribution in [3.8, 4) is 17.9 Å². The van der Waals surface area contributed by atoms with E-state index in [4.69, 9.17) is 19.6 Å². The summed E-state index contributed by atoms with van der Waals surface area (Å²) in [6.07, 6.45) is 2.06. The molecule has 1 atom stereocenters. The molecule has 0 saturated carbocycles. The van der Waals surface area contributed by atoms with Crippen LogP contribution in [0.25, 0.3) is 0 Å². The van der Waals surface area contributed by atoms with Crippen LogP contribution in [0.2, 0.25) is 0 Å². The minimum Gasteiger partial charge on any atom is -0.491 e. The smallest absolute Gasteiger partial charge is 0.395 e. The van der Waals surface area contributed by atoms with Crippen LogP contribution < -0.4 is 20.5 Å². The molecule has 0 amide bonds. The summed E-state index contributed by atoms with van der Waals surface area (Å²) in [7, 11) is 1.48. The van der Waals surface area contributed by atoms with Crippen LogP contribution in [0, 0.1) is 11.3 Å². The fourth-order valence-corrected chi connectivity index (χ4v) is 3.23. The Bertz CT molecular complexity index is 908. The number of benzene rings is 1. The zero-order chi connectivity index (χ0) is 19.6. The molecule has 2 aromatic rings. The zero-order valence-corrected chi connectivity index (χ0v) is 16.0. The molecule has 27 heavy (non-hydrogen) atoms. The Hall–Kier alpha value is -3.14. The van der Waals surface area contributed by atoms with Crippen LogP contribution >= 0.6 is 0 Å². The monoisotopic (exact) mass is 368 g/mol. The van der Waals surface area contributed by atoms with Gasteiger partial charge in [0.2, 0.25) is 5.88 Å². The number of nitrogens with zero attached hydrogens (tertiary/aromatic N) is 2. The number of nitrogens with two attached hydrogens (primary N) is 1. The number of anilines is 1. The van der Waals surface area contributed by atoms with Crippen molar-refractivity contribution in [1.29, 1.82) is 5.26 Å². The van der Waals surface area contributed by atoms with Crippen molar-refractivity contribution < 1.29 is 13.9 Å². The summed E-state index contributed by atoms with van der Waals surface area (Å²) in [4.78, 5) is 4.38. The molecule has 142 valence electrons. The molecular formula is C20H24N4O3. The van der Waals surface area contributed by atoms with Gasteiger partial charge in [-0.1, -0.05) is 25.5 Å². The number of aryl methyl sites for hydroxylation is 1. The van der Waals surface area contributed by atoms with E-state index in [1.165, 1.54) is 7.11 Å². The summed E-state index contributed by atoms with van der Waals surface area (Å²) in [6.45, 7) is 6.12. The summed E-state index contributed by atoms with van der Waals surface area (Å²) in [5, 5.41) is 12.6. The Balaban J connectivity index is 2.12. The summed E-state index contributed by atoms with van der Waals surface area (Å²) in [5.74, 6) is 1.09. The fourth-order valence-electron chi connectivity index (χ4n) is 3.23. The van der Waals surface area contributed by atoms with Crippen LogP contribution in [0.1, 0.15) is 49.9 Å². The highest BCUT2D eigenvalue weighted by atomic mass is 16.6. The first-order chi connectivity index (χ1) is 13.0. The number of allylic oxidation sites excluding steroid dienone is 1. The van der Waals surface area contributed by atoms with Crippen molar-refractivity contribution >= 4 is 5.88 Å². The molecule has 3 rings (SSSR count). The molecule has 7 nitrogen and oxygen atoms in total. The molecule has 2 heterocycles. The molecule has 0 spiro atoms. The minimum atomic E-state index is -0.428. The number of hydrogen-bond acceptors (Lipinski definition) is 7. The molecule has 0 radical (unpaired) electrons. The van der Waals surface area contributed by atoms with Gasteiger partial charge in [0.1, 0.15) is 17.3 Å². The number of nitrogens with one attached hydrogen (secondary N) is 1. The van der Waals surface area contributed by atoms with Gasteiger partial charge in [0.25, 0.3) is 0 Å². The number of rotatable bonds is 6. The lowest BCUT2D eigenvalue weighted by Gasteiger charge is -2.23. The van der Waals surface area contributed by atoms with Gasteiger partial charge in [-0.05, 0) is 37.5 Å². The predicted octanol–water partition coefficient (Wildman–Crippen LogP) is 3.67. The third kappa shape index (κ3) is 3.56. The maximum Gasteiger partial charge on any atom is 0.395 e. The molecule has 1 aliphatic rings. The Kier molecular flexibility index (Phi) is 5.26. The number of methoxy groups -OCH3 is 1. The van der Waals surface area contributed by atoms with Gasteiger partial charge in [0.15, 0.2) is 0 Å². The highest BCUT2D eigenvalue weighted by molar-refractivity contribution is 5.62. The molecular weight excluding hydrogens is 344 g/mol. The Morgan fingerprint density at radius 1 is 1.41 bits per heavy atom. The van der Waals surface area contributed by atoms with Crippen molar-refractivity contribution in [2.24, 2.45) is 5.73 Å². The average Bonchev–Trinajstić information content (AvgIpc) is 3.04. The lowest BCUT2D eigenvalue weighted by Crippen LogP contribution is -2.22. The summed E-state index contributed by atoms with van der Waals surface area (Å²) in [6, 6.07) is 8.17. The normalized spacial score (nSPS) is 15.9. The third-order valence-electron chi connectivity index (χ3n) is 4.33. The van der Waals surface area contributed by atoms with Crippen LogP contribution in [0.4, 0.5) is 5.88 Å². The number of ether oxygens (including phenoxy) is 2. The Labute approximate surface area is 158 Å². The highest BCUT2D eigenvalue weighted by Crippen LogP contribution is 2.42. The van der Waals surface area contributed by atoms with Gasteiger partial charge in [-0.2, -0.15) is 10.2 Å². The first kappa shape index (κ1) is 18.6. The summed E-state index contributed by atoms with van der Waals surface area (Å²) < 4.78 is 16.6. The van der Waals surface area contributed by atoms with E-state index in [0.717, 1.165) is 29.7 Å². The molecule has 1 aliphatic heterocycles. The number of hydrogen-bond donors (Lipinski definition) is 2. The number of oxazole rings is 1. The van der Waals surface area contributed by atoms with Gasteiger partial charge < -0.3 is 24.9 Å². The van der Waals surface area contributed by atoms with E-state index >= 15 is 0 Å². The largest absolute Gasteiger partial charge is 0.491 e. The number of aromatic nitrogens is 1. The van der Waals surface area contributed by atoms with Crippen LogP contribution in [-0.4, -0.2) is 18.2 Å². The Morgan fingerprint density at radius 2 is 2.19 bits per heavy atom. The van der Waals surface area contributed by atoms with Gasteiger partial charge in [0, 0.05) is 0 Å². The van der Waals surface area contributed by atoms with E-state index in [0.29, 0.717) is 17.2 Å². The summed E-state index contributed by atoms with van der Waals surface area (Å²) in [5.41, 5.74) is 9.05. The zero-order valence-electron chi connectivity index (χ0n) is 16.0. The van der Waals surface area contributed by atoms with E-state index < -0.39 is 5.92 Å². The quantitative estimate of drug-likeness (QED) is 0.801. The van der Waals surface area contributed by atoms with Gasteiger partial charge in [-0.25, -0.2) is 0 Å². The maximum atomic E-state index is 9.69. The van der Waals surface area contributed by atoms with Crippen LogP contribution in [0.5, 0.6) is 11.8 Å². The number of nitriles is 1. The predicted molar refractivity (Wildman–Crippen MR) is 102 cm³/mol. The second-order valence-electron chi connectivity index (χ2n) is 6.68. The summed E-state index contributed by atoms with van der Waals surface area (Å²) >= 11 is 0. The fraction of sp³-hybridized carbons (Fsp3) is 0.400. The van der Waals surface area contributed by atoms with Crippen LogP contribution in [-0.2, 0) is 6.42 Å². The van der Waals surface area contributed by atoms with Crippen LogP contribution in [0.15, 0.2) is 34.0 Å². The van der Waals surface area contributed by atoms with Gasteiger partial charge in [-0.3, -0.25) is 0 Å². The first-order valence-electron chi connectivity index (χ1n) is 8.99. The average molecular weight is 368 g/mol. The van der Waals surface area contributed by atoms with Crippen molar-refractivity contribution in [3.63, 3.8) is 0 Å². The van der Waals surface area contributed by atoms with E-state index in [1.54, 1.807) is 0 Å². The molecule has 0 saturated heterocycles. The molecule has 0 aliphatic carbocycles. The van der Waals surface area contributed by atoms with E-state index in [-0.39, 0.29) is 18.0 Å². The van der Waals surface area contributed by atoms with Gasteiger partial charge in [0.05, 0.1) is 30.8 Å². The minimum absolute atomic E-state index is 0.0851. The molecule has 1 aromatic heterocycles. The van der Waals surface area contributed by atoms with E-state index in [9.17, 15) is 5.26 Å².